The van der Waals surface area contributed by atoms with Crippen molar-refractivity contribution in [3.05, 3.63) is 48.8 Å². The molecule has 0 radical (unpaired) electrons. The van der Waals surface area contributed by atoms with Gasteiger partial charge in [0, 0.05) is 29.7 Å². The van der Waals surface area contributed by atoms with E-state index in [9.17, 15) is 4.79 Å². The van der Waals surface area contributed by atoms with Crippen LogP contribution in [0.3, 0.4) is 0 Å². The van der Waals surface area contributed by atoms with Crippen molar-refractivity contribution >= 4 is 17.7 Å². The van der Waals surface area contributed by atoms with Gasteiger partial charge in [0.05, 0.1) is 12.9 Å². The SMILES string of the molecule is COc1ccc(-n2c(SCC(=O)NC(C)C)nnc2-c2ccncc2)cc1. The molecule has 1 aromatic carbocycles. The molecule has 0 spiro atoms. The van der Waals surface area contributed by atoms with Crippen LogP contribution in [-0.4, -0.2) is 44.6 Å². The number of hydrogen-bond donors (Lipinski definition) is 1. The van der Waals surface area contributed by atoms with Crippen LogP contribution in [-0.2, 0) is 4.79 Å². The van der Waals surface area contributed by atoms with Crippen molar-refractivity contribution in [2.45, 2.75) is 25.0 Å². The largest absolute Gasteiger partial charge is 0.497 e. The average molecular weight is 383 g/mol. The Labute approximate surface area is 162 Å². The van der Waals surface area contributed by atoms with Gasteiger partial charge in [0.15, 0.2) is 11.0 Å². The number of methoxy groups -OCH3 is 1. The van der Waals surface area contributed by atoms with E-state index in [2.05, 4.69) is 20.5 Å². The molecule has 0 saturated heterocycles. The first-order valence-electron chi connectivity index (χ1n) is 8.51. The van der Waals surface area contributed by atoms with Gasteiger partial charge in [-0.1, -0.05) is 11.8 Å². The highest BCUT2D eigenvalue weighted by Gasteiger charge is 2.17. The number of ether oxygens (including phenoxy) is 1. The highest BCUT2D eigenvalue weighted by Crippen LogP contribution is 2.28. The minimum absolute atomic E-state index is 0.0373. The van der Waals surface area contributed by atoms with Crippen molar-refractivity contribution in [3.63, 3.8) is 0 Å². The number of nitrogens with one attached hydrogen (secondary N) is 1. The molecule has 0 aliphatic carbocycles. The maximum Gasteiger partial charge on any atom is 0.230 e. The van der Waals surface area contributed by atoms with Crippen LogP contribution in [0.5, 0.6) is 5.75 Å². The lowest BCUT2D eigenvalue weighted by Crippen LogP contribution is -2.31. The smallest absolute Gasteiger partial charge is 0.230 e. The van der Waals surface area contributed by atoms with Crippen molar-refractivity contribution in [1.82, 2.24) is 25.1 Å². The number of hydrogen-bond acceptors (Lipinski definition) is 6. The van der Waals surface area contributed by atoms with Gasteiger partial charge in [-0.25, -0.2) is 0 Å². The van der Waals surface area contributed by atoms with E-state index in [1.165, 1.54) is 11.8 Å². The molecule has 27 heavy (non-hydrogen) atoms. The predicted octanol–water partition coefficient (Wildman–Crippen LogP) is 2.95. The summed E-state index contributed by atoms with van der Waals surface area (Å²) in [5.41, 5.74) is 1.78. The summed E-state index contributed by atoms with van der Waals surface area (Å²) in [6.45, 7) is 3.87. The number of carbonyl (C=O) groups is 1. The highest BCUT2D eigenvalue weighted by atomic mass is 32.2. The Kier molecular flexibility index (Phi) is 6.08. The normalized spacial score (nSPS) is 10.8. The minimum Gasteiger partial charge on any atom is -0.497 e. The number of carbonyl (C=O) groups excluding carboxylic acids is 1. The van der Waals surface area contributed by atoms with Crippen molar-refractivity contribution in [1.29, 1.82) is 0 Å². The zero-order valence-corrected chi connectivity index (χ0v) is 16.2. The molecular formula is C19H21N5O2S. The first-order chi connectivity index (χ1) is 13.1. The van der Waals surface area contributed by atoms with Crippen LogP contribution < -0.4 is 10.1 Å². The monoisotopic (exact) mass is 383 g/mol. The molecule has 0 unspecified atom stereocenters. The van der Waals surface area contributed by atoms with E-state index >= 15 is 0 Å². The number of benzene rings is 1. The molecule has 140 valence electrons. The van der Waals surface area contributed by atoms with Crippen LogP contribution >= 0.6 is 11.8 Å². The molecule has 8 heteroatoms. The van der Waals surface area contributed by atoms with E-state index in [1.807, 2.05) is 54.8 Å². The highest BCUT2D eigenvalue weighted by molar-refractivity contribution is 7.99. The van der Waals surface area contributed by atoms with Crippen LogP contribution in [0.2, 0.25) is 0 Å². The lowest BCUT2D eigenvalue weighted by molar-refractivity contribution is -0.119. The molecule has 0 bridgehead atoms. The predicted molar refractivity (Wildman–Crippen MR) is 105 cm³/mol. The molecule has 0 fully saturated rings. The zero-order chi connectivity index (χ0) is 19.2. The zero-order valence-electron chi connectivity index (χ0n) is 15.4. The molecule has 7 nitrogen and oxygen atoms in total. The lowest BCUT2D eigenvalue weighted by Gasteiger charge is -2.11. The quantitative estimate of drug-likeness (QED) is 0.632. The summed E-state index contributed by atoms with van der Waals surface area (Å²) < 4.78 is 7.17. The van der Waals surface area contributed by atoms with E-state index < -0.39 is 0 Å². The number of aromatic nitrogens is 4. The van der Waals surface area contributed by atoms with Gasteiger partial charge in [0.25, 0.3) is 0 Å². The van der Waals surface area contributed by atoms with Crippen LogP contribution in [0.25, 0.3) is 17.1 Å². The molecular weight excluding hydrogens is 362 g/mol. The third-order valence-corrected chi connectivity index (χ3v) is 4.61. The van der Waals surface area contributed by atoms with Crippen molar-refractivity contribution in [3.8, 4) is 22.8 Å². The molecule has 3 rings (SSSR count). The van der Waals surface area contributed by atoms with Gasteiger partial charge < -0.3 is 10.1 Å². The lowest BCUT2D eigenvalue weighted by atomic mass is 10.2. The fourth-order valence-corrected chi connectivity index (χ4v) is 3.27. The Morgan fingerprint density at radius 2 is 1.85 bits per heavy atom. The van der Waals surface area contributed by atoms with Gasteiger partial charge in [-0.15, -0.1) is 10.2 Å². The van der Waals surface area contributed by atoms with E-state index in [1.54, 1.807) is 19.5 Å². The summed E-state index contributed by atoms with van der Waals surface area (Å²) in [5, 5.41) is 12.2. The van der Waals surface area contributed by atoms with Crippen molar-refractivity contribution < 1.29 is 9.53 Å². The molecule has 2 heterocycles. The van der Waals surface area contributed by atoms with Crippen molar-refractivity contribution in [2.24, 2.45) is 0 Å². The molecule has 0 aliphatic heterocycles. The second-order valence-electron chi connectivity index (χ2n) is 6.09. The number of nitrogens with zero attached hydrogens (tertiary/aromatic N) is 4. The minimum atomic E-state index is -0.0373. The third kappa shape index (κ3) is 4.65. The molecule has 2 aromatic heterocycles. The van der Waals surface area contributed by atoms with Gasteiger partial charge in [-0.2, -0.15) is 0 Å². The number of amides is 1. The number of pyridine rings is 1. The summed E-state index contributed by atoms with van der Waals surface area (Å²) in [7, 11) is 1.63. The van der Waals surface area contributed by atoms with Crippen LogP contribution in [0, 0.1) is 0 Å². The maximum absolute atomic E-state index is 12.0. The molecule has 1 amide bonds. The summed E-state index contributed by atoms with van der Waals surface area (Å²) in [4.78, 5) is 16.1. The van der Waals surface area contributed by atoms with Crippen LogP contribution in [0.4, 0.5) is 0 Å². The fourth-order valence-electron chi connectivity index (χ4n) is 2.51. The molecule has 0 saturated carbocycles. The maximum atomic E-state index is 12.0. The average Bonchev–Trinajstić information content (AvgIpc) is 3.10. The number of rotatable bonds is 7. The first-order valence-corrected chi connectivity index (χ1v) is 9.49. The Hall–Kier alpha value is -2.87. The Morgan fingerprint density at radius 3 is 2.48 bits per heavy atom. The molecule has 0 aliphatic rings. The molecule has 0 atom stereocenters. The van der Waals surface area contributed by atoms with Crippen LogP contribution in [0.15, 0.2) is 53.9 Å². The summed E-state index contributed by atoms with van der Waals surface area (Å²) in [6.07, 6.45) is 3.43. The number of thioether (sulfide) groups is 1. The van der Waals surface area contributed by atoms with Gasteiger partial charge >= 0.3 is 0 Å². The topological polar surface area (TPSA) is 81.9 Å². The second-order valence-corrected chi connectivity index (χ2v) is 7.03. The van der Waals surface area contributed by atoms with Gasteiger partial charge in [-0.3, -0.25) is 14.3 Å². The van der Waals surface area contributed by atoms with E-state index in [-0.39, 0.29) is 17.7 Å². The second kappa shape index (κ2) is 8.68. The summed E-state index contributed by atoms with van der Waals surface area (Å²) in [6, 6.07) is 11.5. The standard InChI is InChI=1S/C19H21N5O2S/c1-13(2)21-17(25)12-27-19-23-22-18(14-8-10-20-11-9-14)24(19)15-4-6-16(26-3)7-5-15/h4-11,13H,12H2,1-3H3,(H,21,25). The van der Waals surface area contributed by atoms with Crippen molar-refractivity contribution in [2.75, 3.05) is 12.9 Å². The Bertz CT molecular complexity index is 894. The van der Waals surface area contributed by atoms with E-state index in [0.29, 0.717) is 11.0 Å². The van der Waals surface area contributed by atoms with E-state index in [0.717, 1.165) is 17.0 Å². The first kappa shape index (κ1) is 18.9. The Balaban J connectivity index is 1.95. The third-order valence-electron chi connectivity index (χ3n) is 3.68. The van der Waals surface area contributed by atoms with Crippen LogP contribution in [0.1, 0.15) is 13.8 Å². The Morgan fingerprint density at radius 1 is 1.15 bits per heavy atom. The van der Waals surface area contributed by atoms with Gasteiger partial charge in [0.1, 0.15) is 5.75 Å². The summed E-state index contributed by atoms with van der Waals surface area (Å²) >= 11 is 1.35. The summed E-state index contributed by atoms with van der Waals surface area (Å²) in [5.74, 6) is 1.69. The molecule has 3 aromatic rings. The van der Waals surface area contributed by atoms with Gasteiger partial charge in [-0.05, 0) is 50.2 Å². The van der Waals surface area contributed by atoms with Gasteiger partial charge in [0.2, 0.25) is 5.91 Å². The fraction of sp³-hybridized carbons (Fsp3) is 0.263. The molecule has 1 N–H and O–H groups in total. The van der Waals surface area contributed by atoms with E-state index in [4.69, 9.17) is 4.74 Å².